The number of hydrogen-bond donors (Lipinski definition) is 2. The molecule has 17 heteroatoms. The Labute approximate surface area is 289 Å². The summed E-state index contributed by atoms with van der Waals surface area (Å²) in [6, 6.07) is 19.5. The fourth-order valence-electron chi connectivity index (χ4n) is 4.81. The number of ether oxygens (including phenoxy) is 2. The molecule has 0 unspecified atom stereocenters. The third-order valence-corrected chi connectivity index (χ3v) is 12.0. The van der Waals surface area contributed by atoms with Crippen LogP contribution in [0.4, 0.5) is 16.0 Å². The highest BCUT2D eigenvalue weighted by atomic mass is 79.9. The van der Waals surface area contributed by atoms with Gasteiger partial charge in [-0.05, 0) is 66.2 Å². The predicted molar refractivity (Wildman–Crippen MR) is 186 cm³/mol. The zero-order valence-electron chi connectivity index (χ0n) is 24.7. The maximum atomic E-state index is 12.5. The van der Waals surface area contributed by atoms with Crippen LogP contribution in [-0.4, -0.2) is 64.7 Å². The van der Waals surface area contributed by atoms with E-state index in [0.717, 1.165) is 54.4 Å². The summed E-state index contributed by atoms with van der Waals surface area (Å²) in [7, 11) is -7.15. The molecule has 12 nitrogen and oxygen atoms in total. The molecule has 4 heterocycles. The molecule has 0 radical (unpaired) electrons. The number of benzene rings is 3. The first-order chi connectivity index (χ1) is 22.6. The van der Waals surface area contributed by atoms with Crippen molar-refractivity contribution in [2.75, 3.05) is 47.3 Å². The van der Waals surface area contributed by atoms with Crippen molar-refractivity contribution in [2.24, 2.45) is 0 Å². The molecule has 5 aromatic rings. The Morgan fingerprint density at radius 1 is 0.723 bits per heavy atom. The fourth-order valence-corrected chi connectivity index (χ4v) is 8.65. The van der Waals surface area contributed by atoms with E-state index >= 15 is 0 Å². The predicted octanol–water partition coefficient (Wildman–Crippen LogP) is 5.70. The summed E-state index contributed by atoms with van der Waals surface area (Å²) >= 11 is 5.73. The van der Waals surface area contributed by atoms with Gasteiger partial charge < -0.3 is 14.4 Å². The van der Waals surface area contributed by atoms with E-state index in [-0.39, 0.29) is 9.79 Å². The standard InChI is InChI=1S/C21H22N4O4S2.C9H7BrN2O2S2/c26-31(27,23-21-22-7-12-30-21)18-4-2-17(3-5-18)25-10-8-24(9-11-25)14-16-1-6-19-20(13-16)29-15-28-19;10-7-1-3-8(4-2-7)16(13,14)12-9-11-5-6-15-9/h1-7,12-13H,8-11,14-15H2,(H,22,23);1-6H,(H,11,12). The highest BCUT2D eigenvalue weighted by molar-refractivity contribution is 9.10. The number of nitrogens with zero attached hydrogens (tertiary/aromatic N) is 4. The van der Waals surface area contributed by atoms with Gasteiger partial charge in [-0.3, -0.25) is 14.3 Å². The van der Waals surface area contributed by atoms with Crippen molar-refractivity contribution in [3.8, 4) is 11.5 Å². The number of anilines is 3. The van der Waals surface area contributed by atoms with Crippen molar-refractivity contribution in [3.05, 3.63) is 99.9 Å². The Balaban J connectivity index is 0.000000203. The van der Waals surface area contributed by atoms with Crippen molar-refractivity contribution in [2.45, 2.75) is 16.3 Å². The minimum Gasteiger partial charge on any atom is -0.454 e. The summed E-state index contributed by atoms with van der Waals surface area (Å²) in [5.41, 5.74) is 2.23. The first kappa shape index (κ1) is 33.2. The molecule has 7 rings (SSSR count). The van der Waals surface area contributed by atoms with Crippen LogP contribution < -0.4 is 23.8 Å². The molecule has 0 saturated carbocycles. The van der Waals surface area contributed by atoms with Crippen LogP contribution in [-0.2, 0) is 26.6 Å². The molecule has 0 spiro atoms. The van der Waals surface area contributed by atoms with Crippen LogP contribution in [0.3, 0.4) is 0 Å². The Morgan fingerprint density at radius 2 is 1.28 bits per heavy atom. The van der Waals surface area contributed by atoms with Crippen molar-refractivity contribution in [1.82, 2.24) is 14.9 Å². The van der Waals surface area contributed by atoms with Crippen molar-refractivity contribution < 1.29 is 26.3 Å². The van der Waals surface area contributed by atoms with E-state index in [1.165, 1.54) is 40.4 Å². The van der Waals surface area contributed by atoms with E-state index in [9.17, 15) is 16.8 Å². The van der Waals surface area contributed by atoms with Crippen molar-refractivity contribution >= 4 is 74.6 Å². The van der Waals surface area contributed by atoms with E-state index in [0.29, 0.717) is 17.1 Å². The number of hydrogen-bond acceptors (Lipinski definition) is 12. The van der Waals surface area contributed by atoms with Gasteiger partial charge in [-0.1, -0.05) is 22.0 Å². The summed E-state index contributed by atoms with van der Waals surface area (Å²) in [6.07, 6.45) is 3.11. The summed E-state index contributed by atoms with van der Waals surface area (Å²) < 4.78 is 65.3. The normalized spacial score (nSPS) is 14.7. The Morgan fingerprint density at radius 3 is 1.83 bits per heavy atom. The monoisotopic (exact) mass is 776 g/mol. The minimum atomic E-state index is -3.63. The molecule has 0 aliphatic carbocycles. The molecule has 0 atom stereocenters. The Bertz CT molecular complexity index is 1990. The summed E-state index contributed by atoms with van der Waals surface area (Å²) in [4.78, 5) is 13.0. The summed E-state index contributed by atoms with van der Waals surface area (Å²) in [5, 5.41) is 4.16. The average Bonchev–Trinajstić information content (AvgIpc) is 3.86. The van der Waals surface area contributed by atoms with Gasteiger partial charge >= 0.3 is 0 Å². The fraction of sp³-hybridized carbons (Fsp3) is 0.200. The van der Waals surface area contributed by atoms with Gasteiger partial charge in [0.2, 0.25) is 6.79 Å². The van der Waals surface area contributed by atoms with Crippen LogP contribution in [0, 0.1) is 0 Å². The zero-order valence-corrected chi connectivity index (χ0v) is 29.5. The molecular formula is C30H29BrN6O6S4. The molecule has 1 saturated heterocycles. The van der Waals surface area contributed by atoms with Gasteiger partial charge in [0, 0.05) is 66.0 Å². The van der Waals surface area contributed by atoms with Gasteiger partial charge in [-0.25, -0.2) is 26.8 Å². The number of halogens is 1. The van der Waals surface area contributed by atoms with Gasteiger partial charge in [-0.2, -0.15) is 0 Å². The van der Waals surface area contributed by atoms with Crippen LogP contribution in [0.15, 0.2) is 104 Å². The lowest BCUT2D eigenvalue weighted by molar-refractivity contribution is 0.174. The number of fused-ring (bicyclic) bond motifs is 1. The molecule has 0 bridgehead atoms. The number of rotatable bonds is 9. The topological polar surface area (TPSA) is 143 Å². The molecule has 246 valence electrons. The second kappa shape index (κ2) is 14.6. The second-order valence-electron chi connectivity index (χ2n) is 10.3. The van der Waals surface area contributed by atoms with Gasteiger partial charge in [-0.15, -0.1) is 22.7 Å². The van der Waals surface area contributed by atoms with E-state index in [2.05, 4.69) is 51.2 Å². The van der Waals surface area contributed by atoms with Crippen LogP contribution in [0.1, 0.15) is 5.56 Å². The lowest BCUT2D eigenvalue weighted by Gasteiger charge is -2.36. The van der Waals surface area contributed by atoms with E-state index in [4.69, 9.17) is 9.47 Å². The minimum absolute atomic E-state index is 0.214. The first-order valence-corrected chi connectivity index (χ1v) is 19.7. The second-order valence-corrected chi connectivity index (χ2v) is 16.4. The third kappa shape index (κ3) is 8.60. The van der Waals surface area contributed by atoms with Crippen molar-refractivity contribution in [3.63, 3.8) is 0 Å². The highest BCUT2D eigenvalue weighted by Gasteiger charge is 2.21. The average molecular weight is 778 g/mol. The van der Waals surface area contributed by atoms with Gasteiger partial charge in [0.1, 0.15) is 0 Å². The molecule has 1 fully saturated rings. The lowest BCUT2D eigenvalue weighted by Crippen LogP contribution is -2.45. The van der Waals surface area contributed by atoms with Gasteiger partial charge in [0.05, 0.1) is 9.79 Å². The van der Waals surface area contributed by atoms with E-state index in [1.807, 2.05) is 24.3 Å². The summed E-state index contributed by atoms with van der Waals surface area (Å²) in [6.45, 7) is 4.78. The van der Waals surface area contributed by atoms with Gasteiger partial charge in [0.15, 0.2) is 21.8 Å². The van der Waals surface area contributed by atoms with Crippen LogP contribution in [0.2, 0.25) is 0 Å². The SMILES string of the molecule is O=S(=O)(Nc1nccs1)c1ccc(Br)cc1.O=S(=O)(Nc1nccs1)c1ccc(N2CCN(Cc3ccc4c(c3)OCO4)CC2)cc1. The third-order valence-electron chi connectivity index (χ3n) is 7.16. The maximum Gasteiger partial charge on any atom is 0.263 e. The van der Waals surface area contributed by atoms with Crippen LogP contribution in [0.25, 0.3) is 0 Å². The number of piperazine rings is 1. The van der Waals surface area contributed by atoms with Crippen molar-refractivity contribution in [1.29, 1.82) is 0 Å². The zero-order chi connectivity index (χ0) is 32.9. The molecule has 0 amide bonds. The summed E-state index contributed by atoms with van der Waals surface area (Å²) in [5.74, 6) is 1.62. The molecular weight excluding hydrogens is 749 g/mol. The first-order valence-electron chi connectivity index (χ1n) is 14.2. The Hall–Kier alpha value is -3.74. The number of sulfonamides is 2. The molecule has 3 aromatic carbocycles. The molecule has 2 aliphatic rings. The van der Waals surface area contributed by atoms with E-state index < -0.39 is 20.0 Å². The van der Waals surface area contributed by atoms with Crippen LogP contribution in [0.5, 0.6) is 11.5 Å². The molecule has 2 N–H and O–H groups in total. The molecule has 47 heavy (non-hydrogen) atoms. The quantitative estimate of drug-likeness (QED) is 0.191. The van der Waals surface area contributed by atoms with Gasteiger partial charge in [0.25, 0.3) is 20.0 Å². The highest BCUT2D eigenvalue weighted by Crippen LogP contribution is 2.33. The number of thiazole rings is 2. The molecule has 2 aromatic heterocycles. The smallest absolute Gasteiger partial charge is 0.263 e. The number of aromatic nitrogens is 2. The Kier molecular flexibility index (Phi) is 10.3. The lowest BCUT2D eigenvalue weighted by atomic mass is 10.1. The number of nitrogens with one attached hydrogen (secondary N) is 2. The largest absolute Gasteiger partial charge is 0.454 e. The maximum absolute atomic E-state index is 12.5. The van der Waals surface area contributed by atoms with Crippen LogP contribution >= 0.6 is 38.6 Å². The van der Waals surface area contributed by atoms with E-state index in [1.54, 1.807) is 47.4 Å². The molecule has 2 aliphatic heterocycles.